The van der Waals surface area contributed by atoms with Crippen molar-refractivity contribution in [3.8, 4) is 67.5 Å². The molecule has 14 aromatic rings. The Morgan fingerprint density at radius 2 is 0.487 bits per heavy atom. The Hall–Kier alpha value is -10.4. The summed E-state index contributed by atoms with van der Waals surface area (Å²) in [5.41, 5.74) is 15.6. The van der Waals surface area contributed by atoms with Crippen molar-refractivity contribution in [1.82, 2.24) is 0 Å². The Balaban J connectivity index is 0.813. The van der Waals surface area contributed by atoms with E-state index in [1.165, 1.54) is 54.2 Å². The second-order valence-electron chi connectivity index (χ2n) is 20.2. The van der Waals surface area contributed by atoms with Gasteiger partial charge >= 0.3 is 0 Å². The van der Waals surface area contributed by atoms with Crippen LogP contribution in [0.25, 0.3) is 98.4 Å². The molecule has 78 heavy (non-hydrogen) atoms. The number of para-hydroxylation sites is 4. The maximum absolute atomic E-state index is 7.05. The van der Waals surface area contributed by atoms with Gasteiger partial charge in [-0.15, -0.1) is 0 Å². The minimum absolute atomic E-state index is 0.823. The highest BCUT2D eigenvalue weighted by molar-refractivity contribution is 6.24. The summed E-state index contributed by atoms with van der Waals surface area (Å²) >= 11 is 0. The number of benzene rings is 14. The molecule has 0 saturated carbocycles. The predicted octanol–water partition coefficient (Wildman–Crippen LogP) is 21.3. The van der Waals surface area contributed by atoms with E-state index in [4.69, 9.17) is 9.47 Å². The van der Waals surface area contributed by atoms with Crippen LogP contribution >= 0.6 is 0 Å². The molecule has 0 radical (unpaired) electrons. The molecule has 0 unspecified atom stereocenters. The molecule has 2 heterocycles. The Kier molecular flexibility index (Phi) is 9.91. The van der Waals surface area contributed by atoms with E-state index in [-0.39, 0.29) is 0 Å². The lowest BCUT2D eigenvalue weighted by atomic mass is 9.85. The third-order valence-corrected chi connectivity index (χ3v) is 16.0. The highest BCUT2D eigenvalue weighted by atomic mass is 16.5. The number of hydrogen-bond acceptors (Lipinski definition) is 4. The lowest BCUT2D eigenvalue weighted by molar-refractivity contribution is 0.475. The molecule has 4 heteroatoms. The van der Waals surface area contributed by atoms with E-state index in [1.54, 1.807) is 0 Å². The standard InChI is InChI=1S/C74H46N2O2/c1-5-21-49(22-6-1)75(50-23-7-2-8-24-50)73-61-33-17-13-29-55(61)69(56-30-14-18-34-62(56)73)47-37-39-53-59-41-42-60-54-40-38-48(46-68(54)78-66-44-43-65(71(59)72(60)66)77-67(53)45-47)70-57-31-15-19-35-63(57)74(64-36-20-16-32-58(64)70)76(51-25-9-3-10-26-51)52-27-11-4-12-28-52/h1-46H. The molecule has 4 nitrogen and oxygen atoms in total. The van der Waals surface area contributed by atoms with Gasteiger partial charge in [0.1, 0.15) is 23.0 Å². The van der Waals surface area contributed by atoms with Gasteiger partial charge in [-0.05, 0) is 140 Å². The molecule has 0 aromatic heterocycles. The zero-order valence-corrected chi connectivity index (χ0v) is 42.3. The van der Waals surface area contributed by atoms with Gasteiger partial charge in [0, 0.05) is 66.2 Å². The fourth-order valence-corrected chi connectivity index (χ4v) is 12.7. The molecule has 0 saturated heterocycles. The molecule has 0 fully saturated rings. The molecule has 2 aliphatic heterocycles. The number of nitrogens with zero attached hydrogens (tertiary/aromatic N) is 2. The van der Waals surface area contributed by atoms with Crippen molar-refractivity contribution in [2.75, 3.05) is 9.80 Å². The van der Waals surface area contributed by atoms with E-state index in [0.717, 1.165) is 101 Å². The van der Waals surface area contributed by atoms with E-state index in [0.29, 0.717) is 0 Å². The minimum atomic E-state index is 0.823. The summed E-state index contributed by atoms with van der Waals surface area (Å²) in [5, 5.41) is 11.5. The molecule has 0 amide bonds. The Labute approximate surface area is 451 Å². The van der Waals surface area contributed by atoms with Crippen LogP contribution in [-0.4, -0.2) is 0 Å². The van der Waals surface area contributed by atoms with E-state index in [1.807, 2.05) is 0 Å². The average molecular weight is 995 g/mol. The summed E-state index contributed by atoms with van der Waals surface area (Å²) in [7, 11) is 0. The number of ether oxygens (including phenoxy) is 2. The SMILES string of the molecule is c1ccc(N(c2ccccc2)c2c3ccccc3c(-c3ccc4c(c3)Oc3ccc5c6c(ccc-4c36)-c3ccc(-c4c6ccccc6c(N(c6ccccc6)c6ccccc6)c6ccccc46)cc3O5)c3ccccc23)cc1. The monoisotopic (exact) mass is 994 g/mol. The first-order valence-corrected chi connectivity index (χ1v) is 26.7. The average Bonchev–Trinajstić information content (AvgIpc) is 3.38. The number of hydrogen-bond donors (Lipinski definition) is 0. The molecule has 2 aliphatic rings. The summed E-state index contributed by atoms with van der Waals surface area (Å²) in [5.74, 6) is 3.31. The van der Waals surface area contributed by atoms with Crippen LogP contribution in [0.1, 0.15) is 0 Å². The van der Waals surface area contributed by atoms with Crippen LogP contribution in [0.5, 0.6) is 23.0 Å². The predicted molar refractivity (Wildman–Crippen MR) is 325 cm³/mol. The second-order valence-corrected chi connectivity index (χ2v) is 20.2. The fourth-order valence-electron chi connectivity index (χ4n) is 12.7. The molecule has 0 atom stereocenters. The summed E-state index contributed by atoms with van der Waals surface area (Å²) in [6.45, 7) is 0. The van der Waals surface area contributed by atoms with Crippen LogP contribution < -0.4 is 19.3 Å². The van der Waals surface area contributed by atoms with Gasteiger partial charge in [-0.1, -0.05) is 194 Å². The molecule has 0 N–H and O–H groups in total. The smallest absolute Gasteiger partial charge is 0.136 e. The molecule has 0 aliphatic carbocycles. The summed E-state index contributed by atoms with van der Waals surface area (Å²) in [6.07, 6.45) is 0. The zero-order valence-electron chi connectivity index (χ0n) is 42.3. The number of fused-ring (bicyclic) bond motifs is 8. The van der Waals surface area contributed by atoms with Crippen LogP contribution in [-0.2, 0) is 0 Å². The molecular formula is C74H46N2O2. The quantitative estimate of drug-likeness (QED) is 0.142. The summed E-state index contributed by atoms with van der Waals surface area (Å²) in [6, 6.07) is 100. The largest absolute Gasteiger partial charge is 0.456 e. The van der Waals surface area contributed by atoms with Crippen molar-refractivity contribution in [2.24, 2.45) is 0 Å². The Morgan fingerprint density at radius 3 is 0.795 bits per heavy atom. The Morgan fingerprint density at radius 1 is 0.218 bits per heavy atom. The van der Waals surface area contributed by atoms with Crippen LogP contribution in [0.4, 0.5) is 34.1 Å². The highest BCUT2D eigenvalue weighted by Gasteiger charge is 2.30. The van der Waals surface area contributed by atoms with Gasteiger partial charge in [-0.3, -0.25) is 0 Å². The van der Waals surface area contributed by atoms with E-state index in [2.05, 4.69) is 289 Å². The highest BCUT2D eigenvalue weighted by Crippen LogP contribution is 2.58. The fraction of sp³-hybridized carbons (Fsp3) is 0. The van der Waals surface area contributed by atoms with Crippen molar-refractivity contribution in [3.63, 3.8) is 0 Å². The Bertz CT molecular complexity index is 4240. The second kappa shape index (κ2) is 17.6. The van der Waals surface area contributed by atoms with E-state index >= 15 is 0 Å². The maximum Gasteiger partial charge on any atom is 0.136 e. The lowest BCUT2D eigenvalue weighted by Gasteiger charge is -2.30. The molecule has 16 rings (SSSR count). The first-order valence-electron chi connectivity index (χ1n) is 26.7. The van der Waals surface area contributed by atoms with Crippen molar-refractivity contribution in [1.29, 1.82) is 0 Å². The van der Waals surface area contributed by atoms with Gasteiger partial charge in [-0.2, -0.15) is 0 Å². The van der Waals surface area contributed by atoms with Gasteiger partial charge in [0.15, 0.2) is 0 Å². The molecular weight excluding hydrogens is 949 g/mol. The van der Waals surface area contributed by atoms with Gasteiger partial charge in [0.25, 0.3) is 0 Å². The third-order valence-electron chi connectivity index (χ3n) is 16.0. The summed E-state index contributed by atoms with van der Waals surface area (Å²) < 4.78 is 14.1. The summed E-state index contributed by atoms with van der Waals surface area (Å²) in [4.78, 5) is 4.80. The van der Waals surface area contributed by atoms with Gasteiger partial charge in [0.2, 0.25) is 0 Å². The van der Waals surface area contributed by atoms with Crippen LogP contribution in [0.3, 0.4) is 0 Å². The number of rotatable bonds is 8. The van der Waals surface area contributed by atoms with Crippen molar-refractivity contribution in [3.05, 3.63) is 279 Å². The minimum Gasteiger partial charge on any atom is -0.456 e. The van der Waals surface area contributed by atoms with Gasteiger partial charge in [-0.25, -0.2) is 0 Å². The van der Waals surface area contributed by atoms with E-state index < -0.39 is 0 Å². The normalized spacial score (nSPS) is 12.1. The molecule has 14 aromatic carbocycles. The first kappa shape index (κ1) is 43.9. The zero-order chi connectivity index (χ0) is 51.3. The third kappa shape index (κ3) is 6.73. The van der Waals surface area contributed by atoms with Crippen molar-refractivity contribution in [2.45, 2.75) is 0 Å². The lowest BCUT2D eigenvalue weighted by Crippen LogP contribution is -2.11. The van der Waals surface area contributed by atoms with Crippen LogP contribution in [0.15, 0.2) is 279 Å². The van der Waals surface area contributed by atoms with Gasteiger partial charge < -0.3 is 19.3 Å². The topological polar surface area (TPSA) is 24.9 Å². The maximum atomic E-state index is 7.05. The number of anilines is 6. The van der Waals surface area contributed by atoms with Crippen LogP contribution in [0, 0.1) is 0 Å². The molecule has 0 bridgehead atoms. The first-order chi connectivity index (χ1) is 38.7. The molecule has 364 valence electrons. The van der Waals surface area contributed by atoms with Crippen molar-refractivity contribution >= 4 is 88.0 Å². The molecule has 0 spiro atoms. The van der Waals surface area contributed by atoms with E-state index in [9.17, 15) is 0 Å². The van der Waals surface area contributed by atoms with Crippen molar-refractivity contribution < 1.29 is 9.47 Å². The van der Waals surface area contributed by atoms with Gasteiger partial charge in [0.05, 0.1) is 11.4 Å². The van der Waals surface area contributed by atoms with Crippen LogP contribution in [0.2, 0.25) is 0 Å².